The molecule has 0 bridgehead atoms. The lowest BCUT2D eigenvalue weighted by molar-refractivity contribution is 0.953. The summed E-state index contributed by atoms with van der Waals surface area (Å²) in [5, 5.41) is 4.18. The van der Waals surface area contributed by atoms with E-state index in [2.05, 4.69) is 33.3 Å². The second-order valence-corrected chi connectivity index (χ2v) is 6.52. The number of rotatable bonds is 5. The molecule has 3 rings (SSSR count). The first-order chi connectivity index (χ1) is 9.85. The van der Waals surface area contributed by atoms with E-state index in [0.717, 1.165) is 33.7 Å². The van der Waals surface area contributed by atoms with Crippen LogP contribution in [0, 0.1) is 0 Å². The molecule has 0 fully saturated rings. The molecular weight excluding hydrogens is 288 g/mol. The zero-order valence-corrected chi connectivity index (χ0v) is 12.7. The van der Waals surface area contributed by atoms with E-state index in [-0.39, 0.29) is 0 Å². The molecule has 3 aromatic rings. The Morgan fingerprint density at radius 2 is 2.15 bits per heavy atom. The summed E-state index contributed by atoms with van der Waals surface area (Å²) >= 11 is 3.26. The van der Waals surface area contributed by atoms with Gasteiger partial charge in [0.05, 0.1) is 10.2 Å². The van der Waals surface area contributed by atoms with Gasteiger partial charge in [-0.25, -0.2) is 15.0 Å². The van der Waals surface area contributed by atoms with Crippen molar-refractivity contribution in [2.75, 3.05) is 11.9 Å². The summed E-state index contributed by atoms with van der Waals surface area (Å²) in [6.45, 7) is 3.05. The standard InChI is InChI=1S/C14H14N4S2/c1-2-7-15-12-8-13(17-9-16-12)20-14-18-10-5-3-4-6-11(10)19-14/h3-6,8-9H,2,7H2,1H3,(H,15,16,17). The smallest absolute Gasteiger partial charge is 0.157 e. The number of nitrogens with one attached hydrogen (secondary N) is 1. The van der Waals surface area contributed by atoms with E-state index in [1.807, 2.05) is 24.3 Å². The van der Waals surface area contributed by atoms with Crippen molar-refractivity contribution >= 4 is 39.1 Å². The second-order valence-electron chi connectivity index (χ2n) is 4.22. The third-order valence-corrected chi connectivity index (χ3v) is 4.69. The maximum atomic E-state index is 4.60. The highest BCUT2D eigenvalue weighted by Gasteiger charge is 2.07. The van der Waals surface area contributed by atoms with E-state index in [4.69, 9.17) is 0 Å². The van der Waals surface area contributed by atoms with Gasteiger partial charge in [-0.05, 0) is 30.3 Å². The number of hydrogen-bond acceptors (Lipinski definition) is 6. The van der Waals surface area contributed by atoms with Crippen molar-refractivity contribution in [3.05, 3.63) is 36.7 Å². The molecule has 0 saturated carbocycles. The fourth-order valence-electron chi connectivity index (χ4n) is 1.73. The highest BCUT2D eigenvalue weighted by molar-refractivity contribution is 8.01. The maximum absolute atomic E-state index is 4.60. The highest BCUT2D eigenvalue weighted by atomic mass is 32.2. The first-order valence-corrected chi connectivity index (χ1v) is 8.08. The van der Waals surface area contributed by atoms with Gasteiger partial charge in [0, 0.05) is 12.6 Å². The third-order valence-electron chi connectivity index (χ3n) is 2.66. The van der Waals surface area contributed by atoms with E-state index in [9.17, 15) is 0 Å². The average Bonchev–Trinajstić information content (AvgIpc) is 2.87. The Bertz CT molecular complexity index is 678. The van der Waals surface area contributed by atoms with Crippen LogP contribution in [0.4, 0.5) is 5.82 Å². The molecule has 0 saturated heterocycles. The zero-order valence-electron chi connectivity index (χ0n) is 11.0. The number of anilines is 1. The normalized spacial score (nSPS) is 10.8. The largest absolute Gasteiger partial charge is 0.370 e. The van der Waals surface area contributed by atoms with Gasteiger partial charge in [0.2, 0.25) is 0 Å². The Balaban J connectivity index is 1.79. The Kier molecular flexibility index (Phi) is 4.13. The van der Waals surface area contributed by atoms with Gasteiger partial charge in [-0.2, -0.15) is 0 Å². The lowest BCUT2D eigenvalue weighted by Gasteiger charge is -2.03. The van der Waals surface area contributed by atoms with Gasteiger partial charge in [-0.15, -0.1) is 11.3 Å². The number of aromatic nitrogens is 3. The third kappa shape index (κ3) is 3.08. The van der Waals surface area contributed by atoms with Crippen LogP contribution in [0.15, 0.2) is 46.0 Å². The summed E-state index contributed by atoms with van der Waals surface area (Å²) in [6.07, 6.45) is 2.66. The summed E-state index contributed by atoms with van der Waals surface area (Å²) in [4.78, 5) is 13.1. The molecule has 0 amide bonds. The quantitative estimate of drug-likeness (QED) is 0.720. The van der Waals surface area contributed by atoms with Gasteiger partial charge in [0.15, 0.2) is 4.34 Å². The monoisotopic (exact) mass is 302 g/mol. The number of para-hydroxylation sites is 1. The molecule has 0 unspecified atom stereocenters. The van der Waals surface area contributed by atoms with Crippen LogP contribution in [0.2, 0.25) is 0 Å². The minimum Gasteiger partial charge on any atom is -0.370 e. The van der Waals surface area contributed by atoms with Crippen LogP contribution in [0.1, 0.15) is 13.3 Å². The molecule has 6 heteroatoms. The van der Waals surface area contributed by atoms with Crippen LogP contribution >= 0.6 is 23.1 Å². The van der Waals surface area contributed by atoms with Crippen molar-refractivity contribution in [2.45, 2.75) is 22.7 Å². The van der Waals surface area contributed by atoms with Gasteiger partial charge >= 0.3 is 0 Å². The Morgan fingerprint density at radius 3 is 3.00 bits per heavy atom. The van der Waals surface area contributed by atoms with E-state index < -0.39 is 0 Å². The minimum atomic E-state index is 0.866. The average molecular weight is 302 g/mol. The number of hydrogen-bond donors (Lipinski definition) is 1. The molecule has 4 nitrogen and oxygen atoms in total. The fraction of sp³-hybridized carbons (Fsp3) is 0.214. The Hall–Kier alpha value is -1.66. The fourth-order valence-corrected chi connectivity index (χ4v) is 3.71. The van der Waals surface area contributed by atoms with Crippen LogP contribution in [0.3, 0.4) is 0 Å². The van der Waals surface area contributed by atoms with Crippen LogP contribution in [0.25, 0.3) is 10.2 Å². The topological polar surface area (TPSA) is 50.7 Å². The molecule has 0 atom stereocenters. The molecule has 1 N–H and O–H groups in total. The second kappa shape index (κ2) is 6.19. The molecule has 0 spiro atoms. The molecule has 1 aromatic carbocycles. The maximum Gasteiger partial charge on any atom is 0.157 e. The molecular formula is C14H14N4S2. The van der Waals surface area contributed by atoms with Crippen LogP contribution in [-0.4, -0.2) is 21.5 Å². The molecule has 0 aliphatic heterocycles. The molecule has 2 aromatic heterocycles. The number of nitrogens with zero attached hydrogens (tertiary/aromatic N) is 3. The van der Waals surface area contributed by atoms with E-state index in [0.29, 0.717) is 0 Å². The molecule has 0 aliphatic carbocycles. The van der Waals surface area contributed by atoms with Crippen molar-refractivity contribution in [1.82, 2.24) is 15.0 Å². The van der Waals surface area contributed by atoms with Crippen molar-refractivity contribution in [3.8, 4) is 0 Å². The van der Waals surface area contributed by atoms with Crippen molar-refractivity contribution in [3.63, 3.8) is 0 Å². The van der Waals surface area contributed by atoms with Gasteiger partial charge in [0.25, 0.3) is 0 Å². The predicted molar refractivity (Wildman–Crippen MR) is 84.6 cm³/mol. The summed E-state index contributed by atoms with van der Waals surface area (Å²) in [7, 11) is 0. The molecule has 20 heavy (non-hydrogen) atoms. The molecule has 0 aliphatic rings. The Labute approximate surface area is 125 Å². The number of fused-ring (bicyclic) bond motifs is 1. The lowest BCUT2D eigenvalue weighted by Crippen LogP contribution is -2.02. The first kappa shape index (κ1) is 13.3. The van der Waals surface area contributed by atoms with Gasteiger partial charge in [0.1, 0.15) is 17.2 Å². The van der Waals surface area contributed by atoms with Crippen LogP contribution < -0.4 is 5.32 Å². The van der Waals surface area contributed by atoms with Crippen molar-refractivity contribution in [2.24, 2.45) is 0 Å². The SMILES string of the molecule is CCCNc1cc(Sc2nc3ccccc3s2)ncn1. The molecule has 102 valence electrons. The predicted octanol–water partition coefficient (Wildman–Crippen LogP) is 4.06. The summed E-state index contributed by atoms with van der Waals surface area (Å²) in [5.41, 5.74) is 1.04. The summed E-state index contributed by atoms with van der Waals surface area (Å²) < 4.78 is 2.21. The number of benzene rings is 1. The molecule has 2 heterocycles. The highest BCUT2D eigenvalue weighted by Crippen LogP contribution is 2.33. The summed E-state index contributed by atoms with van der Waals surface area (Å²) in [5.74, 6) is 0.866. The van der Waals surface area contributed by atoms with Gasteiger partial charge in [-0.1, -0.05) is 19.1 Å². The van der Waals surface area contributed by atoms with E-state index >= 15 is 0 Å². The first-order valence-electron chi connectivity index (χ1n) is 6.44. The van der Waals surface area contributed by atoms with Gasteiger partial charge in [-0.3, -0.25) is 0 Å². The zero-order chi connectivity index (χ0) is 13.8. The van der Waals surface area contributed by atoms with E-state index in [1.165, 1.54) is 4.70 Å². The van der Waals surface area contributed by atoms with Gasteiger partial charge < -0.3 is 5.32 Å². The number of thiazole rings is 1. The van der Waals surface area contributed by atoms with E-state index in [1.54, 1.807) is 29.4 Å². The Morgan fingerprint density at radius 1 is 1.25 bits per heavy atom. The summed E-state index contributed by atoms with van der Waals surface area (Å²) in [6, 6.07) is 10.1. The van der Waals surface area contributed by atoms with Crippen molar-refractivity contribution < 1.29 is 0 Å². The molecule has 0 radical (unpaired) electrons. The van der Waals surface area contributed by atoms with Crippen LogP contribution in [0.5, 0.6) is 0 Å². The lowest BCUT2D eigenvalue weighted by atomic mass is 10.3. The van der Waals surface area contributed by atoms with Crippen molar-refractivity contribution in [1.29, 1.82) is 0 Å². The van der Waals surface area contributed by atoms with Crippen LogP contribution in [-0.2, 0) is 0 Å². The minimum absolute atomic E-state index is 0.866.